The molecule has 6 heteroatoms. The van der Waals surface area contributed by atoms with E-state index in [2.05, 4.69) is 15.8 Å². The van der Waals surface area contributed by atoms with Gasteiger partial charge in [-0.15, -0.1) is 0 Å². The molecule has 2 aromatic rings. The lowest BCUT2D eigenvalue weighted by atomic mass is 10.2. The highest BCUT2D eigenvalue weighted by atomic mass is 16.5. The molecule has 0 heterocycles. The number of nitrogens with one attached hydrogen (secondary N) is 2. The van der Waals surface area contributed by atoms with Crippen LogP contribution in [0.15, 0.2) is 53.6 Å². The van der Waals surface area contributed by atoms with Crippen LogP contribution in [0.5, 0.6) is 5.75 Å². The number of carbonyl (C=O) groups is 2. The van der Waals surface area contributed by atoms with Crippen molar-refractivity contribution < 1.29 is 14.3 Å². The Balaban J connectivity index is 1.95. The van der Waals surface area contributed by atoms with Gasteiger partial charge in [0.25, 0.3) is 0 Å². The van der Waals surface area contributed by atoms with Gasteiger partial charge in [-0.2, -0.15) is 5.10 Å². The van der Waals surface area contributed by atoms with Crippen molar-refractivity contribution in [1.82, 2.24) is 5.43 Å². The van der Waals surface area contributed by atoms with Crippen LogP contribution in [0.1, 0.15) is 11.1 Å². The van der Waals surface area contributed by atoms with E-state index in [-0.39, 0.29) is 0 Å². The molecule has 2 N–H and O–H groups in total. The van der Waals surface area contributed by atoms with Crippen LogP contribution in [0.25, 0.3) is 0 Å². The topological polar surface area (TPSA) is 79.8 Å². The second-order valence-electron chi connectivity index (χ2n) is 4.71. The summed E-state index contributed by atoms with van der Waals surface area (Å²) in [7, 11) is 1.54. The van der Waals surface area contributed by atoms with Gasteiger partial charge in [-0.05, 0) is 30.7 Å². The van der Waals surface area contributed by atoms with Gasteiger partial charge in [0.15, 0.2) is 0 Å². The Kier molecular flexibility index (Phi) is 5.46. The number of hydrazone groups is 1. The monoisotopic (exact) mass is 311 g/mol. The van der Waals surface area contributed by atoms with E-state index in [9.17, 15) is 9.59 Å². The van der Waals surface area contributed by atoms with E-state index in [1.54, 1.807) is 31.4 Å². The molecule has 0 aromatic heterocycles. The number of rotatable bonds is 4. The first kappa shape index (κ1) is 16.2. The number of aryl methyl sites for hydroxylation is 1. The van der Waals surface area contributed by atoms with Crippen molar-refractivity contribution in [1.29, 1.82) is 0 Å². The summed E-state index contributed by atoms with van der Waals surface area (Å²) in [5, 5.41) is 6.30. The van der Waals surface area contributed by atoms with E-state index < -0.39 is 11.8 Å². The fraction of sp³-hybridized carbons (Fsp3) is 0.118. The Morgan fingerprint density at radius 1 is 1.04 bits per heavy atom. The number of ether oxygens (including phenoxy) is 1. The summed E-state index contributed by atoms with van der Waals surface area (Å²) in [4.78, 5) is 23.5. The SMILES string of the molecule is COc1ccccc1/C=N/NC(=O)C(=O)Nc1ccccc1C. The number of hydrogen-bond donors (Lipinski definition) is 2. The lowest BCUT2D eigenvalue weighted by Crippen LogP contribution is -2.32. The molecule has 23 heavy (non-hydrogen) atoms. The molecule has 0 saturated heterocycles. The van der Waals surface area contributed by atoms with Crippen molar-refractivity contribution in [3.63, 3.8) is 0 Å². The second-order valence-corrected chi connectivity index (χ2v) is 4.71. The molecule has 0 aliphatic carbocycles. The molecule has 0 unspecified atom stereocenters. The number of carbonyl (C=O) groups excluding carboxylic acids is 2. The molecule has 6 nitrogen and oxygen atoms in total. The van der Waals surface area contributed by atoms with Gasteiger partial charge in [-0.25, -0.2) is 5.43 Å². The first-order chi connectivity index (χ1) is 11.1. The van der Waals surface area contributed by atoms with Gasteiger partial charge in [0.1, 0.15) is 5.75 Å². The number of hydrogen-bond acceptors (Lipinski definition) is 4. The van der Waals surface area contributed by atoms with Crippen LogP contribution < -0.4 is 15.5 Å². The highest BCUT2D eigenvalue weighted by molar-refractivity contribution is 6.39. The van der Waals surface area contributed by atoms with Gasteiger partial charge < -0.3 is 10.1 Å². The van der Waals surface area contributed by atoms with Gasteiger partial charge in [0.2, 0.25) is 0 Å². The van der Waals surface area contributed by atoms with E-state index in [1.165, 1.54) is 6.21 Å². The van der Waals surface area contributed by atoms with Crippen molar-refractivity contribution in [3.8, 4) is 5.75 Å². The Hall–Kier alpha value is -3.15. The molecule has 0 spiro atoms. The molecule has 0 aliphatic heterocycles. The molecule has 118 valence electrons. The van der Waals surface area contributed by atoms with Crippen molar-refractivity contribution in [2.75, 3.05) is 12.4 Å². The smallest absolute Gasteiger partial charge is 0.329 e. The minimum absolute atomic E-state index is 0.585. The summed E-state index contributed by atoms with van der Waals surface area (Å²) in [6.07, 6.45) is 1.41. The van der Waals surface area contributed by atoms with Gasteiger partial charge in [-0.1, -0.05) is 30.3 Å². The molecule has 2 rings (SSSR count). The lowest BCUT2D eigenvalue weighted by molar-refractivity contribution is -0.136. The summed E-state index contributed by atoms with van der Waals surface area (Å²) >= 11 is 0. The van der Waals surface area contributed by atoms with Crippen molar-refractivity contribution in [3.05, 3.63) is 59.7 Å². The number of amides is 2. The van der Waals surface area contributed by atoms with Crippen LogP contribution in [-0.4, -0.2) is 25.1 Å². The molecule has 0 atom stereocenters. The third kappa shape index (κ3) is 4.41. The molecular weight excluding hydrogens is 294 g/mol. The summed E-state index contributed by atoms with van der Waals surface area (Å²) in [5.74, 6) is -1.01. The minimum Gasteiger partial charge on any atom is -0.496 e. The standard InChI is InChI=1S/C17H17N3O3/c1-12-7-3-5-9-14(12)19-16(21)17(22)20-18-11-13-8-4-6-10-15(13)23-2/h3-11H,1-2H3,(H,19,21)(H,20,22)/b18-11+. The van der Waals surface area contributed by atoms with E-state index >= 15 is 0 Å². The second kappa shape index (κ2) is 7.74. The van der Waals surface area contributed by atoms with Crippen LogP contribution >= 0.6 is 0 Å². The lowest BCUT2D eigenvalue weighted by Gasteiger charge is -2.06. The first-order valence-corrected chi connectivity index (χ1v) is 6.95. The third-order valence-corrected chi connectivity index (χ3v) is 3.11. The molecular formula is C17H17N3O3. The van der Waals surface area contributed by atoms with E-state index in [4.69, 9.17) is 4.74 Å². The number of methoxy groups -OCH3 is 1. The molecule has 0 fully saturated rings. The van der Waals surface area contributed by atoms with Crippen LogP contribution in [0.3, 0.4) is 0 Å². The summed E-state index contributed by atoms with van der Waals surface area (Å²) in [6, 6.07) is 14.4. The van der Waals surface area contributed by atoms with E-state index in [0.717, 1.165) is 5.56 Å². The third-order valence-electron chi connectivity index (χ3n) is 3.11. The fourth-order valence-electron chi connectivity index (χ4n) is 1.88. The van der Waals surface area contributed by atoms with Crippen LogP contribution in [0, 0.1) is 6.92 Å². The first-order valence-electron chi connectivity index (χ1n) is 6.95. The molecule has 0 radical (unpaired) electrons. The van der Waals surface area contributed by atoms with Crippen LogP contribution in [0.4, 0.5) is 5.69 Å². The Morgan fingerprint density at radius 3 is 2.48 bits per heavy atom. The summed E-state index contributed by atoms with van der Waals surface area (Å²) < 4.78 is 5.16. The van der Waals surface area contributed by atoms with Crippen LogP contribution in [-0.2, 0) is 9.59 Å². The van der Waals surface area contributed by atoms with Crippen molar-refractivity contribution in [2.45, 2.75) is 6.92 Å². The zero-order chi connectivity index (χ0) is 16.7. The number of anilines is 1. The maximum absolute atomic E-state index is 11.8. The number of para-hydroxylation sites is 2. The minimum atomic E-state index is -0.848. The normalized spacial score (nSPS) is 10.3. The van der Waals surface area contributed by atoms with Gasteiger partial charge in [0.05, 0.1) is 13.3 Å². The van der Waals surface area contributed by atoms with Gasteiger partial charge in [-0.3, -0.25) is 9.59 Å². The van der Waals surface area contributed by atoms with Crippen molar-refractivity contribution in [2.24, 2.45) is 5.10 Å². The maximum Gasteiger partial charge on any atom is 0.329 e. The molecule has 0 saturated carbocycles. The average molecular weight is 311 g/mol. The zero-order valence-electron chi connectivity index (χ0n) is 12.9. The number of benzene rings is 2. The molecule has 0 aliphatic rings. The Morgan fingerprint density at radius 2 is 1.74 bits per heavy atom. The largest absolute Gasteiger partial charge is 0.496 e. The Bertz CT molecular complexity index is 741. The predicted molar refractivity (Wildman–Crippen MR) is 88.5 cm³/mol. The van der Waals surface area contributed by atoms with Gasteiger partial charge in [0, 0.05) is 11.3 Å². The highest BCUT2D eigenvalue weighted by Crippen LogP contribution is 2.14. The Labute approximate surface area is 134 Å². The molecule has 2 aromatic carbocycles. The molecule has 2 amide bonds. The van der Waals surface area contributed by atoms with E-state index in [0.29, 0.717) is 17.0 Å². The maximum atomic E-state index is 11.8. The quantitative estimate of drug-likeness (QED) is 0.515. The molecule has 0 bridgehead atoms. The predicted octanol–water partition coefficient (Wildman–Crippen LogP) is 2.09. The fourth-order valence-corrected chi connectivity index (χ4v) is 1.88. The van der Waals surface area contributed by atoms with Gasteiger partial charge >= 0.3 is 11.8 Å². The van der Waals surface area contributed by atoms with Crippen LogP contribution in [0.2, 0.25) is 0 Å². The van der Waals surface area contributed by atoms with Crippen molar-refractivity contribution >= 4 is 23.7 Å². The number of nitrogens with zero attached hydrogens (tertiary/aromatic N) is 1. The highest BCUT2D eigenvalue weighted by Gasteiger charge is 2.13. The summed E-state index contributed by atoms with van der Waals surface area (Å²) in [5.41, 5.74) is 4.33. The average Bonchev–Trinajstić information content (AvgIpc) is 2.57. The van der Waals surface area contributed by atoms with E-state index in [1.807, 2.05) is 31.2 Å². The zero-order valence-corrected chi connectivity index (χ0v) is 12.9. The summed E-state index contributed by atoms with van der Waals surface area (Å²) in [6.45, 7) is 1.84.